The molecule has 1 unspecified atom stereocenters. The highest BCUT2D eigenvalue weighted by molar-refractivity contribution is 9.10. The molecule has 3 aromatic rings. The number of hydrogen-bond acceptors (Lipinski definition) is 3. The molecule has 0 aliphatic rings. The summed E-state index contributed by atoms with van der Waals surface area (Å²) in [5.41, 5.74) is -0.213. The number of nitrogens with one attached hydrogen (secondary N) is 1. The Kier molecular flexibility index (Phi) is 6.01. The van der Waals surface area contributed by atoms with E-state index in [-0.39, 0.29) is 14.9 Å². The zero-order chi connectivity index (χ0) is 21.6. The SMILES string of the molecule is CCn1c(C(C)NS(=O)(=O)c2ccc(Cl)cc2)nc2cc(Br)c(C(F)(F)F)cc21. The van der Waals surface area contributed by atoms with Gasteiger partial charge in [0.1, 0.15) is 5.82 Å². The Morgan fingerprint density at radius 1 is 1.24 bits per heavy atom. The number of fused-ring (bicyclic) bond motifs is 1. The van der Waals surface area contributed by atoms with E-state index in [0.717, 1.165) is 6.07 Å². The summed E-state index contributed by atoms with van der Waals surface area (Å²) in [4.78, 5) is 4.40. The Morgan fingerprint density at radius 2 is 1.86 bits per heavy atom. The normalized spacial score (nSPS) is 13.8. The van der Waals surface area contributed by atoms with Crippen molar-refractivity contribution in [2.24, 2.45) is 0 Å². The topological polar surface area (TPSA) is 64.0 Å². The molecular weight excluding hydrogens is 495 g/mol. The molecule has 0 aliphatic heterocycles. The Bertz CT molecular complexity index is 1160. The quantitative estimate of drug-likeness (QED) is 0.491. The monoisotopic (exact) mass is 509 g/mol. The molecule has 29 heavy (non-hydrogen) atoms. The van der Waals surface area contributed by atoms with Crippen molar-refractivity contribution in [2.75, 3.05) is 0 Å². The average Bonchev–Trinajstić information content (AvgIpc) is 2.97. The zero-order valence-electron chi connectivity index (χ0n) is 15.3. The molecule has 0 fully saturated rings. The van der Waals surface area contributed by atoms with Crippen molar-refractivity contribution in [3.8, 4) is 0 Å². The van der Waals surface area contributed by atoms with E-state index in [1.165, 1.54) is 30.3 Å². The van der Waals surface area contributed by atoms with Crippen molar-refractivity contribution in [1.29, 1.82) is 0 Å². The van der Waals surface area contributed by atoms with E-state index < -0.39 is 27.8 Å². The Hall–Kier alpha value is -1.62. The van der Waals surface area contributed by atoms with Crippen molar-refractivity contribution in [3.05, 3.63) is 57.3 Å². The third kappa shape index (κ3) is 4.45. The molecule has 3 rings (SSSR count). The number of sulfonamides is 1. The summed E-state index contributed by atoms with van der Waals surface area (Å²) in [6.45, 7) is 3.65. The molecule has 0 aliphatic carbocycles. The van der Waals surface area contributed by atoms with E-state index in [1.54, 1.807) is 18.4 Å². The highest BCUT2D eigenvalue weighted by atomic mass is 79.9. The van der Waals surface area contributed by atoms with Crippen LogP contribution in [-0.2, 0) is 22.7 Å². The van der Waals surface area contributed by atoms with Crippen LogP contribution in [0.25, 0.3) is 11.0 Å². The zero-order valence-corrected chi connectivity index (χ0v) is 18.4. The third-order valence-corrected chi connectivity index (χ3v) is 6.80. The summed E-state index contributed by atoms with van der Waals surface area (Å²) < 4.78 is 69.0. The van der Waals surface area contributed by atoms with E-state index >= 15 is 0 Å². The van der Waals surface area contributed by atoms with Gasteiger partial charge in [-0.2, -0.15) is 13.2 Å². The number of aryl methyl sites for hydroxylation is 1. The molecule has 1 N–H and O–H groups in total. The third-order valence-electron chi connectivity index (χ3n) is 4.33. The summed E-state index contributed by atoms with van der Waals surface area (Å²) in [5.74, 6) is 0.311. The summed E-state index contributed by atoms with van der Waals surface area (Å²) in [5, 5.41) is 0.399. The number of rotatable bonds is 5. The van der Waals surface area contributed by atoms with Gasteiger partial charge in [0.15, 0.2) is 0 Å². The lowest BCUT2D eigenvalue weighted by Crippen LogP contribution is -2.28. The van der Waals surface area contributed by atoms with Crippen molar-refractivity contribution in [1.82, 2.24) is 14.3 Å². The molecule has 0 saturated carbocycles. The van der Waals surface area contributed by atoms with Crippen LogP contribution in [0.3, 0.4) is 0 Å². The Labute approximate surface area is 179 Å². The van der Waals surface area contributed by atoms with E-state index in [9.17, 15) is 21.6 Å². The van der Waals surface area contributed by atoms with Gasteiger partial charge in [0, 0.05) is 16.0 Å². The van der Waals surface area contributed by atoms with Gasteiger partial charge in [0.2, 0.25) is 10.0 Å². The number of alkyl halides is 3. The largest absolute Gasteiger partial charge is 0.417 e. The predicted molar refractivity (Wildman–Crippen MR) is 108 cm³/mol. The maximum absolute atomic E-state index is 13.3. The van der Waals surface area contributed by atoms with Crippen molar-refractivity contribution < 1.29 is 21.6 Å². The molecule has 1 atom stereocenters. The average molecular weight is 511 g/mol. The maximum Gasteiger partial charge on any atom is 0.417 e. The second-order valence-electron chi connectivity index (χ2n) is 6.33. The Morgan fingerprint density at radius 3 is 2.41 bits per heavy atom. The molecule has 5 nitrogen and oxygen atoms in total. The molecule has 0 bridgehead atoms. The molecule has 2 aromatic carbocycles. The number of aromatic nitrogens is 2. The van der Waals surface area contributed by atoms with E-state index in [2.05, 4.69) is 25.6 Å². The highest BCUT2D eigenvalue weighted by Crippen LogP contribution is 2.38. The molecule has 1 heterocycles. The molecule has 0 saturated heterocycles. The second-order valence-corrected chi connectivity index (χ2v) is 9.33. The van der Waals surface area contributed by atoms with Crippen LogP contribution in [0.5, 0.6) is 0 Å². The van der Waals surface area contributed by atoms with E-state index in [1.807, 2.05) is 0 Å². The number of halogens is 5. The minimum atomic E-state index is -4.53. The van der Waals surface area contributed by atoms with Crippen LogP contribution < -0.4 is 4.72 Å². The molecule has 0 radical (unpaired) electrons. The second kappa shape index (κ2) is 7.90. The minimum Gasteiger partial charge on any atom is -0.327 e. The van der Waals surface area contributed by atoms with Crippen LogP contribution in [0.4, 0.5) is 13.2 Å². The van der Waals surface area contributed by atoms with Gasteiger partial charge in [-0.3, -0.25) is 0 Å². The molecule has 0 spiro atoms. The van der Waals surface area contributed by atoms with Crippen molar-refractivity contribution in [3.63, 3.8) is 0 Å². The fourth-order valence-electron chi connectivity index (χ4n) is 3.01. The summed E-state index contributed by atoms with van der Waals surface area (Å²) in [6.07, 6.45) is -4.53. The van der Waals surface area contributed by atoms with Gasteiger partial charge in [0.25, 0.3) is 0 Å². The van der Waals surface area contributed by atoms with Crippen molar-refractivity contribution in [2.45, 2.75) is 37.5 Å². The first-order chi connectivity index (χ1) is 13.4. The molecule has 0 amide bonds. The fourth-order valence-corrected chi connectivity index (χ4v) is 4.90. The van der Waals surface area contributed by atoms with Gasteiger partial charge in [-0.1, -0.05) is 27.5 Å². The summed E-state index contributed by atoms with van der Waals surface area (Å²) in [6, 6.07) is 7.17. The van der Waals surface area contributed by atoms with Gasteiger partial charge >= 0.3 is 6.18 Å². The van der Waals surface area contributed by atoms with Crippen LogP contribution >= 0.6 is 27.5 Å². The summed E-state index contributed by atoms with van der Waals surface area (Å²) in [7, 11) is -3.88. The maximum atomic E-state index is 13.3. The molecule has 1 aromatic heterocycles. The van der Waals surface area contributed by atoms with Crippen LogP contribution in [0.15, 0.2) is 45.8 Å². The van der Waals surface area contributed by atoms with Crippen LogP contribution in [0.1, 0.15) is 31.3 Å². The predicted octanol–water partition coefficient (Wildman–Crippen LogP) is 5.53. The molecule has 156 valence electrons. The van der Waals surface area contributed by atoms with Gasteiger partial charge in [-0.05, 0) is 50.2 Å². The van der Waals surface area contributed by atoms with Gasteiger partial charge < -0.3 is 4.57 Å². The standard InChI is InChI=1S/C18H16BrClF3N3O2S/c1-3-26-16-8-13(18(21,22)23)14(19)9-15(16)24-17(26)10(2)25-29(27,28)12-6-4-11(20)5-7-12/h4-10,25H,3H2,1-2H3. The van der Waals surface area contributed by atoms with E-state index in [4.69, 9.17) is 11.6 Å². The smallest absolute Gasteiger partial charge is 0.327 e. The fraction of sp³-hybridized carbons (Fsp3) is 0.278. The first-order valence-electron chi connectivity index (χ1n) is 8.49. The minimum absolute atomic E-state index is 0.0232. The first-order valence-corrected chi connectivity index (χ1v) is 11.1. The number of imidazole rings is 1. The van der Waals surface area contributed by atoms with Gasteiger partial charge in [-0.25, -0.2) is 18.1 Å². The number of hydrogen-bond donors (Lipinski definition) is 1. The van der Waals surface area contributed by atoms with E-state index in [0.29, 0.717) is 22.9 Å². The van der Waals surface area contributed by atoms with Crippen LogP contribution in [-0.4, -0.2) is 18.0 Å². The summed E-state index contributed by atoms with van der Waals surface area (Å²) >= 11 is 8.73. The lowest BCUT2D eigenvalue weighted by atomic mass is 10.2. The first kappa shape index (κ1) is 22.1. The lowest BCUT2D eigenvalue weighted by Gasteiger charge is -2.16. The van der Waals surface area contributed by atoms with Crippen LogP contribution in [0, 0.1) is 0 Å². The Balaban J connectivity index is 2.03. The highest BCUT2D eigenvalue weighted by Gasteiger charge is 2.34. The number of benzene rings is 2. The van der Waals surface area contributed by atoms with Crippen LogP contribution in [0.2, 0.25) is 5.02 Å². The molecular formula is C18H16BrClF3N3O2S. The number of nitrogens with zero attached hydrogens (tertiary/aromatic N) is 2. The van der Waals surface area contributed by atoms with Gasteiger partial charge in [0.05, 0.1) is 27.5 Å². The molecule has 11 heteroatoms. The van der Waals surface area contributed by atoms with Gasteiger partial charge in [-0.15, -0.1) is 0 Å². The lowest BCUT2D eigenvalue weighted by molar-refractivity contribution is -0.138. The van der Waals surface area contributed by atoms with Crippen molar-refractivity contribution >= 4 is 48.6 Å².